The first-order valence-corrected chi connectivity index (χ1v) is 9.15. The Morgan fingerprint density at radius 3 is 2.45 bits per heavy atom. The Kier molecular flexibility index (Phi) is 6.06. The van der Waals surface area contributed by atoms with Gasteiger partial charge in [-0.3, -0.25) is 0 Å². The molecule has 0 bridgehead atoms. The van der Waals surface area contributed by atoms with Crippen LogP contribution in [0.1, 0.15) is 30.8 Å². The van der Waals surface area contributed by atoms with Crippen molar-refractivity contribution in [2.24, 2.45) is 0 Å². The van der Waals surface area contributed by atoms with E-state index in [1.165, 1.54) is 0 Å². The number of nitrogen functional groups attached to an aromatic ring is 1. The number of likely N-dealkylation sites (N-methyl/N-ethyl adjacent to an activating group) is 1. The van der Waals surface area contributed by atoms with Crippen molar-refractivity contribution in [1.29, 1.82) is 0 Å². The quantitative estimate of drug-likeness (QED) is 0.754. The maximum absolute atomic E-state index is 14.1. The molecule has 0 spiro atoms. The van der Waals surface area contributed by atoms with Gasteiger partial charge in [-0.1, -0.05) is 6.92 Å². The molecule has 0 amide bonds. The number of aromatic nitrogens is 3. The molecule has 2 N–H and O–H groups in total. The summed E-state index contributed by atoms with van der Waals surface area (Å²) in [6.07, 6.45) is -5.20. The molecule has 7 nitrogen and oxygen atoms in total. The van der Waals surface area contributed by atoms with Gasteiger partial charge in [-0.05, 0) is 31.7 Å². The van der Waals surface area contributed by atoms with E-state index in [1.807, 2.05) is 11.9 Å². The highest BCUT2D eigenvalue weighted by molar-refractivity contribution is 5.36. The summed E-state index contributed by atoms with van der Waals surface area (Å²) in [4.78, 5) is 16.7. The molecule has 1 aromatic carbocycles. The van der Waals surface area contributed by atoms with Gasteiger partial charge in [0.15, 0.2) is 23.5 Å². The number of nitrogens with two attached hydrogens (primary N) is 1. The van der Waals surface area contributed by atoms with Gasteiger partial charge in [-0.15, -0.1) is 0 Å². The lowest BCUT2D eigenvalue weighted by molar-refractivity contribution is -0.137. The van der Waals surface area contributed by atoms with Crippen molar-refractivity contribution >= 4 is 11.9 Å². The summed E-state index contributed by atoms with van der Waals surface area (Å²) in [6, 6.07) is 2.02. The Morgan fingerprint density at radius 2 is 1.83 bits per heavy atom. The average molecular weight is 414 g/mol. The van der Waals surface area contributed by atoms with Gasteiger partial charge in [0.25, 0.3) is 0 Å². The maximum atomic E-state index is 14.1. The second kappa shape index (κ2) is 8.36. The van der Waals surface area contributed by atoms with E-state index in [4.69, 9.17) is 10.5 Å². The van der Waals surface area contributed by atoms with Crippen LogP contribution in [0.4, 0.5) is 29.5 Å². The number of halogens is 4. The molecule has 158 valence electrons. The highest BCUT2D eigenvalue weighted by Crippen LogP contribution is 2.34. The van der Waals surface area contributed by atoms with Gasteiger partial charge in [-0.2, -0.15) is 28.1 Å². The Bertz CT molecular complexity index is 855. The van der Waals surface area contributed by atoms with Crippen LogP contribution in [-0.4, -0.2) is 53.1 Å². The highest BCUT2D eigenvalue weighted by atomic mass is 19.4. The number of hydrogen-bond acceptors (Lipinski definition) is 7. The SMILES string of the molecule is CCC(Oc1cc(C(F)(F)F)ccc1F)c1nc(N)nc(N2CCN(C)CC2)n1. The van der Waals surface area contributed by atoms with Crippen LogP contribution in [0.3, 0.4) is 0 Å². The van der Waals surface area contributed by atoms with Gasteiger partial charge in [0.1, 0.15) is 0 Å². The number of ether oxygens (including phenoxy) is 1. The molecule has 0 saturated carbocycles. The molecule has 2 aromatic rings. The lowest BCUT2D eigenvalue weighted by Crippen LogP contribution is -2.45. The van der Waals surface area contributed by atoms with E-state index in [1.54, 1.807) is 6.92 Å². The Balaban J connectivity index is 1.87. The first kappa shape index (κ1) is 21.0. The summed E-state index contributed by atoms with van der Waals surface area (Å²) >= 11 is 0. The molecule has 2 heterocycles. The summed E-state index contributed by atoms with van der Waals surface area (Å²) in [5.41, 5.74) is 4.81. The van der Waals surface area contributed by atoms with Crippen molar-refractivity contribution in [3.8, 4) is 5.75 Å². The van der Waals surface area contributed by atoms with E-state index in [-0.39, 0.29) is 11.8 Å². The third-order valence-corrected chi connectivity index (χ3v) is 4.63. The van der Waals surface area contributed by atoms with Gasteiger partial charge >= 0.3 is 6.18 Å². The number of piperazine rings is 1. The molecule has 11 heteroatoms. The number of nitrogens with zero attached hydrogens (tertiary/aromatic N) is 5. The molecule has 1 atom stereocenters. The minimum absolute atomic E-state index is 0.0320. The summed E-state index contributed by atoms with van der Waals surface area (Å²) in [5.74, 6) is -0.946. The summed E-state index contributed by atoms with van der Waals surface area (Å²) in [7, 11) is 2.01. The summed E-state index contributed by atoms with van der Waals surface area (Å²) < 4.78 is 58.4. The zero-order chi connectivity index (χ0) is 21.2. The molecular weight excluding hydrogens is 392 g/mol. The third-order valence-electron chi connectivity index (χ3n) is 4.63. The van der Waals surface area contributed by atoms with Crippen molar-refractivity contribution in [1.82, 2.24) is 19.9 Å². The van der Waals surface area contributed by atoms with Gasteiger partial charge in [0, 0.05) is 26.2 Å². The Hall–Kier alpha value is -2.69. The second-order valence-electron chi connectivity index (χ2n) is 6.80. The van der Waals surface area contributed by atoms with Crippen molar-refractivity contribution in [3.63, 3.8) is 0 Å². The number of rotatable bonds is 5. The highest BCUT2D eigenvalue weighted by Gasteiger charge is 2.32. The van der Waals surface area contributed by atoms with Crippen LogP contribution in [0.15, 0.2) is 18.2 Å². The smallest absolute Gasteiger partial charge is 0.416 e. The van der Waals surface area contributed by atoms with Crippen LogP contribution in [0.2, 0.25) is 0 Å². The number of hydrogen-bond donors (Lipinski definition) is 1. The number of benzene rings is 1. The predicted molar refractivity (Wildman–Crippen MR) is 99.0 cm³/mol. The zero-order valence-corrected chi connectivity index (χ0v) is 16.1. The minimum atomic E-state index is -4.61. The normalized spacial score (nSPS) is 16.7. The molecule has 1 unspecified atom stereocenters. The van der Waals surface area contributed by atoms with E-state index >= 15 is 0 Å². The average Bonchev–Trinajstić information content (AvgIpc) is 2.66. The van der Waals surface area contributed by atoms with Crippen molar-refractivity contribution in [2.75, 3.05) is 43.9 Å². The molecule has 3 rings (SSSR count). The molecule has 29 heavy (non-hydrogen) atoms. The summed E-state index contributed by atoms with van der Waals surface area (Å²) in [5, 5.41) is 0. The van der Waals surface area contributed by atoms with Gasteiger partial charge in [0.2, 0.25) is 11.9 Å². The fraction of sp³-hybridized carbons (Fsp3) is 0.500. The molecule has 1 aromatic heterocycles. The van der Waals surface area contributed by atoms with E-state index < -0.39 is 29.4 Å². The maximum Gasteiger partial charge on any atom is 0.416 e. The molecule has 0 radical (unpaired) electrons. The molecule has 1 aliphatic heterocycles. The molecule has 1 aliphatic rings. The largest absolute Gasteiger partial charge is 0.479 e. The lowest BCUT2D eigenvalue weighted by atomic mass is 10.2. The van der Waals surface area contributed by atoms with Crippen LogP contribution in [0.25, 0.3) is 0 Å². The van der Waals surface area contributed by atoms with Gasteiger partial charge < -0.3 is 20.3 Å². The van der Waals surface area contributed by atoms with Crippen molar-refractivity contribution < 1.29 is 22.3 Å². The lowest BCUT2D eigenvalue weighted by Gasteiger charge is -2.32. The minimum Gasteiger partial charge on any atom is -0.479 e. The topological polar surface area (TPSA) is 80.4 Å². The van der Waals surface area contributed by atoms with E-state index in [0.29, 0.717) is 37.6 Å². The number of anilines is 2. The van der Waals surface area contributed by atoms with Crippen LogP contribution in [0.5, 0.6) is 5.75 Å². The van der Waals surface area contributed by atoms with Crippen LogP contribution < -0.4 is 15.4 Å². The second-order valence-corrected chi connectivity index (χ2v) is 6.80. The van der Waals surface area contributed by atoms with Crippen LogP contribution >= 0.6 is 0 Å². The van der Waals surface area contributed by atoms with Gasteiger partial charge in [0.05, 0.1) is 5.56 Å². The molecule has 0 aliphatic carbocycles. The fourth-order valence-electron chi connectivity index (χ4n) is 2.93. The third kappa shape index (κ3) is 5.03. The Labute approximate surface area is 165 Å². The number of alkyl halides is 3. The standard InChI is InChI=1S/C18H22F4N6O/c1-3-13(29-14-10-11(18(20,21)22)4-5-12(14)19)15-24-16(23)26-17(25-15)28-8-6-27(2)7-9-28/h4-5,10,13H,3,6-9H2,1-2H3,(H2,23,24,25,26). The Morgan fingerprint density at radius 1 is 1.14 bits per heavy atom. The molecular formula is C18H22F4N6O. The van der Waals surface area contributed by atoms with Crippen molar-refractivity contribution in [2.45, 2.75) is 25.6 Å². The van der Waals surface area contributed by atoms with E-state index in [0.717, 1.165) is 19.2 Å². The first-order chi connectivity index (χ1) is 13.7. The molecule has 1 fully saturated rings. The van der Waals surface area contributed by atoms with E-state index in [2.05, 4.69) is 19.9 Å². The van der Waals surface area contributed by atoms with Gasteiger partial charge in [-0.25, -0.2) is 4.39 Å². The zero-order valence-electron chi connectivity index (χ0n) is 16.1. The molecule has 1 saturated heterocycles. The van der Waals surface area contributed by atoms with Crippen molar-refractivity contribution in [3.05, 3.63) is 35.4 Å². The van der Waals surface area contributed by atoms with Crippen LogP contribution in [-0.2, 0) is 6.18 Å². The van der Waals surface area contributed by atoms with E-state index in [9.17, 15) is 17.6 Å². The predicted octanol–water partition coefficient (Wildman–Crippen LogP) is 2.89. The van der Waals surface area contributed by atoms with Crippen LogP contribution in [0, 0.1) is 5.82 Å². The summed E-state index contributed by atoms with van der Waals surface area (Å²) in [6.45, 7) is 4.76. The monoisotopic (exact) mass is 414 g/mol. The fourth-order valence-corrected chi connectivity index (χ4v) is 2.93. The first-order valence-electron chi connectivity index (χ1n) is 9.15.